The maximum absolute atomic E-state index is 11.7. The number of benzene rings is 2. The lowest BCUT2D eigenvalue weighted by molar-refractivity contribution is -0.120. The van der Waals surface area contributed by atoms with Crippen LogP contribution in [-0.2, 0) is 17.9 Å². The number of nitrogens with zero attached hydrogens (tertiary/aromatic N) is 3. The van der Waals surface area contributed by atoms with Gasteiger partial charge in [-0.2, -0.15) is 0 Å². The van der Waals surface area contributed by atoms with Crippen LogP contribution in [0.2, 0.25) is 10.0 Å². The smallest absolute Gasteiger partial charge is 0.220 e. The fourth-order valence-corrected chi connectivity index (χ4v) is 8.02. The molecule has 1 amide bonds. The molecule has 2 aromatic carbocycles. The van der Waals surface area contributed by atoms with Crippen molar-refractivity contribution in [1.29, 1.82) is 0 Å². The van der Waals surface area contributed by atoms with Gasteiger partial charge < -0.3 is 25.2 Å². The van der Waals surface area contributed by atoms with Gasteiger partial charge in [-0.3, -0.25) is 14.7 Å². The standard InChI is InChI=1S/C37H39Cl2N5O4/c1-36(46)14-25(15-36)41-17-23-9-10-29(43-35(23)48-3)28-6-4-5-26(32(28)38)27-11-12-40-34(33(27)39)22-7-8-24(30(13-22)47-2)18-44-20-37(21-44)16-31(45)42-19-37/h4-13,25,41,46H,14-21H2,1-3H3,(H,42,45). The number of hydrogen-bond acceptors (Lipinski definition) is 8. The quantitative estimate of drug-likeness (QED) is 0.183. The summed E-state index contributed by atoms with van der Waals surface area (Å²) in [4.78, 5) is 23.5. The van der Waals surface area contributed by atoms with Crippen LogP contribution in [0.1, 0.15) is 37.3 Å². The summed E-state index contributed by atoms with van der Waals surface area (Å²) in [6.07, 6.45) is 3.79. The van der Waals surface area contributed by atoms with Crippen LogP contribution < -0.4 is 20.1 Å². The van der Waals surface area contributed by atoms with Gasteiger partial charge in [-0.25, -0.2) is 4.98 Å². The minimum absolute atomic E-state index is 0.0731. The molecule has 2 saturated heterocycles. The molecule has 0 radical (unpaired) electrons. The summed E-state index contributed by atoms with van der Waals surface area (Å²) >= 11 is 14.2. The minimum Gasteiger partial charge on any atom is -0.496 e. The van der Waals surface area contributed by atoms with E-state index in [9.17, 15) is 9.90 Å². The second kappa shape index (κ2) is 12.9. The van der Waals surface area contributed by atoms with Crippen LogP contribution in [0, 0.1) is 5.41 Å². The Hall–Kier alpha value is -3.73. The van der Waals surface area contributed by atoms with Crippen molar-refractivity contribution >= 4 is 29.1 Å². The molecule has 1 spiro atoms. The van der Waals surface area contributed by atoms with Crippen molar-refractivity contribution in [3.05, 3.63) is 82.0 Å². The van der Waals surface area contributed by atoms with Gasteiger partial charge in [0.05, 0.1) is 41.3 Å². The zero-order valence-electron chi connectivity index (χ0n) is 27.3. The molecule has 3 N–H and O–H groups in total. The highest BCUT2D eigenvalue weighted by Crippen LogP contribution is 2.43. The van der Waals surface area contributed by atoms with Crippen molar-refractivity contribution < 1.29 is 19.4 Å². The molecule has 48 heavy (non-hydrogen) atoms. The van der Waals surface area contributed by atoms with Crippen molar-refractivity contribution in [2.45, 2.75) is 50.9 Å². The summed E-state index contributed by atoms with van der Waals surface area (Å²) in [6.45, 7) is 5.72. The minimum atomic E-state index is -0.586. The maximum Gasteiger partial charge on any atom is 0.220 e. The fourth-order valence-electron chi connectivity index (χ4n) is 7.37. The molecule has 1 saturated carbocycles. The summed E-state index contributed by atoms with van der Waals surface area (Å²) < 4.78 is 11.5. The highest BCUT2D eigenvalue weighted by atomic mass is 35.5. The molecule has 4 heterocycles. The number of nitrogens with one attached hydrogen (secondary N) is 2. The van der Waals surface area contributed by atoms with Crippen LogP contribution in [0.15, 0.2) is 60.8 Å². The Bertz CT molecular complexity index is 1870. The molecule has 1 aliphatic carbocycles. The number of likely N-dealkylation sites (tertiary alicyclic amines) is 1. The Morgan fingerprint density at radius 1 is 1.00 bits per heavy atom. The lowest BCUT2D eigenvalue weighted by Crippen LogP contribution is -2.56. The van der Waals surface area contributed by atoms with Gasteiger partial charge in [-0.05, 0) is 38.0 Å². The predicted octanol–water partition coefficient (Wildman–Crippen LogP) is 6.13. The second-order valence-electron chi connectivity index (χ2n) is 13.7. The third-order valence-electron chi connectivity index (χ3n) is 9.81. The number of amides is 1. The summed E-state index contributed by atoms with van der Waals surface area (Å²) in [7, 11) is 3.28. The first-order valence-electron chi connectivity index (χ1n) is 16.2. The van der Waals surface area contributed by atoms with E-state index in [4.69, 9.17) is 37.7 Å². The molecule has 250 valence electrons. The largest absolute Gasteiger partial charge is 0.496 e. The summed E-state index contributed by atoms with van der Waals surface area (Å²) in [5.74, 6) is 1.43. The van der Waals surface area contributed by atoms with E-state index in [2.05, 4.69) is 26.6 Å². The summed E-state index contributed by atoms with van der Waals surface area (Å²) in [5, 5.41) is 17.5. The first-order chi connectivity index (χ1) is 23.1. The molecule has 2 aliphatic heterocycles. The van der Waals surface area contributed by atoms with Crippen molar-refractivity contribution in [2.24, 2.45) is 5.41 Å². The van der Waals surface area contributed by atoms with Gasteiger partial charge in [0.25, 0.3) is 0 Å². The van der Waals surface area contributed by atoms with Gasteiger partial charge in [0.2, 0.25) is 11.8 Å². The number of methoxy groups -OCH3 is 2. The molecule has 0 bridgehead atoms. The molecule has 4 aromatic rings. The molecule has 7 rings (SSSR count). The van der Waals surface area contributed by atoms with Gasteiger partial charge in [-0.15, -0.1) is 0 Å². The lowest BCUT2D eigenvalue weighted by Gasteiger charge is -2.47. The van der Waals surface area contributed by atoms with Crippen LogP contribution in [0.5, 0.6) is 11.6 Å². The third-order valence-corrected chi connectivity index (χ3v) is 10.6. The number of carbonyl (C=O) groups excluding carboxylic acids is 1. The molecular weight excluding hydrogens is 649 g/mol. The molecular formula is C37H39Cl2N5O4. The monoisotopic (exact) mass is 687 g/mol. The summed E-state index contributed by atoms with van der Waals surface area (Å²) in [6, 6.07) is 17.9. The van der Waals surface area contributed by atoms with Crippen LogP contribution in [0.3, 0.4) is 0 Å². The highest BCUT2D eigenvalue weighted by Gasteiger charge is 2.48. The molecule has 11 heteroatoms. The zero-order chi connectivity index (χ0) is 33.6. The maximum atomic E-state index is 11.7. The Morgan fingerprint density at radius 2 is 1.75 bits per heavy atom. The van der Waals surface area contributed by atoms with Gasteiger partial charge in [-0.1, -0.05) is 59.6 Å². The third kappa shape index (κ3) is 6.37. The number of carbonyl (C=O) groups is 1. The van der Waals surface area contributed by atoms with Gasteiger partial charge in [0, 0.05) is 90.2 Å². The van der Waals surface area contributed by atoms with Gasteiger partial charge in [0.1, 0.15) is 5.75 Å². The molecule has 3 fully saturated rings. The Morgan fingerprint density at radius 3 is 2.46 bits per heavy atom. The Kier molecular flexibility index (Phi) is 8.85. The van der Waals surface area contributed by atoms with E-state index < -0.39 is 5.60 Å². The number of rotatable bonds is 10. The van der Waals surface area contributed by atoms with Crippen LogP contribution >= 0.6 is 23.2 Å². The zero-order valence-corrected chi connectivity index (χ0v) is 28.8. The molecule has 3 aliphatic rings. The van der Waals surface area contributed by atoms with Crippen molar-refractivity contribution in [3.63, 3.8) is 0 Å². The molecule has 0 atom stereocenters. The number of aromatic nitrogens is 2. The lowest BCUT2D eigenvalue weighted by atomic mass is 9.77. The average Bonchev–Trinajstić information content (AvgIpc) is 3.44. The van der Waals surface area contributed by atoms with E-state index in [1.807, 2.05) is 55.5 Å². The van der Waals surface area contributed by atoms with Gasteiger partial charge in [0.15, 0.2) is 0 Å². The second-order valence-corrected chi connectivity index (χ2v) is 14.4. The van der Waals surface area contributed by atoms with Gasteiger partial charge >= 0.3 is 0 Å². The topological polar surface area (TPSA) is 109 Å². The van der Waals surface area contributed by atoms with Crippen molar-refractivity contribution in [1.82, 2.24) is 25.5 Å². The Balaban J connectivity index is 1.11. The van der Waals surface area contributed by atoms with Crippen molar-refractivity contribution in [3.8, 4) is 45.3 Å². The number of halogens is 2. The SMILES string of the molecule is COc1cc(-c2nccc(-c3cccc(-c4ccc(CNC5CC(C)(O)C5)c(OC)n4)c3Cl)c2Cl)ccc1CN1CC2(CNC(=O)C2)C1. The Labute approximate surface area is 290 Å². The summed E-state index contributed by atoms with van der Waals surface area (Å²) in [5.41, 5.74) is 5.91. The van der Waals surface area contributed by atoms with E-state index in [0.29, 0.717) is 40.3 Å². The first kappa shape index (κ1) is 32.8. The van der Waals surface area contributed by atoms with Crippen LogP contribution in [0.25, 0.3) is 33.6 Å². The van der Waals surface area contributed by atoms with Crippen LogP contribution in [-0.4, -0.2) is 71.4 Å². The molecule has 9 nitrogen and oxygen atoms in total. The van der Waals surface area contributed by atoms with Crippen molar-refractivity contribution in [2.75, 3.05) is 33.9 Å². The normalized spacial score (nSPS) is 21.5. The molecule has 0 unspecified atom stereocenters. The number of ether oxygens (including phenoxy) is 2. The predicted molar refractivity (Wildman–Crippen MR) is 187 cm³/mol. The van der Waals surface area contributed by atoms with E-state index in [1.165, 1.54) is 0 Å². The molecule has 2 aromatic heterocycles. The van der Waals surface area contributed by atoms with E-state index in [0.717, 1.165) is 78.2 Å². The highest BCUT2D eigenvalue weighted by molar-refractivity contribution is 6.39. The average molecular weight is 689 g/mol. The van der Waals surface area contributed by atoms with E-state index in [1.54, 1.807) is 20.4 Å². The van der Waals surface area contributed by atoms with E-state index >= 15 is 0 Å². The first-order valence-corrected chi connectivity index (χ1v) is 16.9. The van der Waals surface area contributed by atoms with Crippen LogP contribution in [0.4, 0.5) is 0 Å². The number of hydrogen-bond donors (Lipinski definition) is 3. The fraction of sp³-hybridized carbons (Fsp3) is 0.378. The number of pyridine rings is 2. The number of aliphatic hydroxyl groups is 1. The van der Waals surface area contributed by atoms with E-state index in [-0.39, 0.29) is 17.4 Å².